The van der Waals surface area contributed by atoms with Crippen molar-refractivity contribution in [1.29, 1.82) is 0 Å². The third-order valence-electron chi connectivity index (χ3n) is 7.25. The van der Waals surface area contributed by atoms with E-state index < -0.39 is 35.3 Å². The molecule has 216 valence electrons. The molecule has 5 rings (SSSR count). The molecule has 8 nitrogen and oxygen atoms in total. The van der Waals surface area contributed by atoms with Gasteiger partial charge in [-0.05, 0) is 36.4 Å². The second kappa shape index (κ2) is 11.2. The van der Waals surface area contributed by atoms with Crippen LogP contribution in [0.3, 0.4) is 0 Å². The largest absolute Gasteiger partial charge is 0.506 e. The smallest absolute Gasteiger partial charge is 0.416 e. The number of alkyl halides is 3. The van der Waals surface area contributed by atoms with Gasteiger partial charge in [0.2, 0.25) is 5.96 Å². The van der Waals surface area contributed by atoms with E-state index in [0.717, 1.165) is 23.9 Å². The summed E-state index contributed by atoms with van der Waals surface area (Å²) in [4.78, 5) is 22.4. The second-order valence-corrected chi connectivity index (χ2v) is 9.63. The van der Waals surface area contributed by atoms with Gasteiger partial charge in [-0.1, -0.05) is 18.2 Å². The first kappa shape index (κ1) is 28.1. The molecule has 0 spiro atoms. The van der Waals surface area contributed by atoms with E-state index in [9.17, 15) is 23.1 Å². The maximum Gasteiger partial charge on any atom is 0.416 e. The summed E-state index contributed by atoms with van der Waals surface area (Å²) in [6.07, 6.45) is -5.02. The van der Waals surface area contributed by atoms with Gasteiger partial charge in [-0.25, -0.2) is 9.38 Å². The minimum absolute atomic E-state index is 0.0191. The predicted molar refractivity (Wildman–Crippen MR) is 145 cm³/mol. The van der Waals surface area contributed by atoms with Crippen LogP contribution >= 0.6 is 0 Å². The van der Waals surface area contributed by atoms with Crippen molar-refractivity contribution in [3.63, 3.8) is 0 Å². The fraction of sp³-hybridized carbons (Fsp3) is 0.310. The number of ether oxygens (including phenoxy) is 2. The van der Waals surface area contributed by atoms with Crippen molar-refractivity contribution in [2.75, 3.05) is 50.2 Å². The number of nitrogens with zero attached hydrogens (tertiary/aromatic N) is 4. The Hall–Kier alpha value is -4.48. The number of hydrogen-bond acceptors (Lipinski definition) is 8. The van der Waals surface area contributed by atoms with Crippen LogP contribution in [0.2, 0.25) is 0 Å². The van der Waals surface area contributed by atoms with E-state index in [-0.39, 0.29) is 29.3 Å². The van der Waals surface area contributed by atoms with Crippen molar-refractivity contribution < 1.29 is 36.9 Å². The standard InChI is InChI=1S/C29H28F4N4O4/c1-40-20-6-3-5-19(16-20)35-11-13-36(14-12-35)28-34-27-21(7-4-8-22(27)30)23(17-26(39)41-2)37(28)24-15-18(29(31,32)33)9-10-25(24)38/h3-10,15-16,23,38H,11-14,17H2,1-2H3/t23-/m0/s1. The van der Waals surface area contributed by atoms with Crippen LogP contribution in [0.5, 0.6) is 11.5 Å². The Morgan fingerprint density at radius 1 is 1.00 bits per heavy atom. The number of piperazine rings is 1. The molecule has 0 bridgehead atoms. The number of fused-ring (bicyclic) bond motifs is 1. The second-order valence-electron chi connectivity index (χ2n) is 9.63. The molecule has 0 aliphatic carbocycles. The maximum atomic E-state index is 15.1. The van der Waals surface area contributed by atoms with E-state index in [1.54, 1.807) is 13.2 Å². The van der Waals surface area contributed by atoms with Gasteiger partial charge in [-0.3, -0.25) is 4.79 Å². The predicted octanol–water partition coefficient (Wildman–Crippen LogP) is 5.49. The Morgan fingerprint density at radius 3 is 2.39 bits per heavy atom. The topological polar surface area (TPSA) is 77.8 Å². The fourth-order valence-corrected chi connectivity index (χ4v) is 5.16. The van der Waals surface area contributed by atoms with Crippen LogP contribution < -0.4 is 14.5 Å². The lowest BCUT2D eigenvalue weighted by atomic mass is 9.96. The van der Waals surface area contributed by atoms with Crippen LogP contribution in [0.1, 0.15) is 23.6 Å². The van der Waals surface area contributed by atoms with E-state index in [1.165, 1.54) is 24.1 Å². The number of hydrogen-bond donors (Lipinski definition) is 1. The highest BCUT2D eigenvalue weighted by Crippen LogP contribution is 2.46. The van der Waals surface area contributed by atoms with Crippen LogP contribution in [-0.4, -0.2) is 62.3 Å². The number of phenols is 1. The van der Waals surface area contributed by atoms with E-state index in [2.05, 4.69) is 9.89 Å². The van der Waals surface area contributed by atoms with E-state index >= 15 is 4.39 Å². The SMILES string of the molecule is COC(=O)C[C@H]1c2cccc(F)c2N=C(N2CCN(c3cccc(OC)c3)CC2)N1c1cc(C(F)(F)F)ccc1O. The number of methoxy groups -OCH3 is 2. The minimum atomic E-state index is -4.69. The average Bonchev–Trinajstić information content (AvgIpc) is 2.97. The molecule has 12 heteroatoms. The zero-order chi connectivity index (χ0) is 29.3. The molecule has 3 aromatic rings. The van der Waals surface area contributed by atoms with Gasteiger partial charge in [0, 0.05) is 43.5 Å². The molecule has 0 aromatic heterocycles. The number of rotatable bonds is 5. The summed E-state index contributed by atoms with van der Waals surface area (Å²) >= 11 is 0. The molecule has 41 heavy (non-hydrogen) atoms. The van der Waals surface area contributed by atoms with Crippen LogP contribution in [0.25, 0.3) is 0 Å². The molecule has 1 saturated heterocycles. The van der Waals surface area contributed by atoms with E-state index in [0.29, 0.717) is 31.9 Å². The Balaban J connectivity index is 1.59. The number of esters is 1. The molecule has 0 radical (unpaired) electrons. The number of halogens is 4. The number of para-hydroxylation sites is 1. The summed E-state index contributed by atoms with van der Waals surface area (Å²) in [5.74, 6) is -0.930. The van der Waals surface area contributed by atoms with Crippen LogP contribution in [-0.2, 0) is 15.7 Å². The number of phenolic OH excluding ortho intramolecular Hbond substituents is 1. The molecule has 3 aromatic carbocycles. The molecule has 0 unspecified atom stereocenters. The highest BCUT2D eigenvalue weighted by atomic mass is 19.4. The summed E-state index contributed by atoms with van der Waals surface area (Å²) in [5, 5.41) is 10.8. The van der Waals surface area contributed by atoms with Gasteiger partial charge < -0.3 is 29.3 Å². The summed E-state index contributed by atoms with van der Waals surface area (Å²) in [6.45, 7) is 1.78. The Labute approximate surface area is 234 Å². The first-order chi connectivity index (χ1) is 19.6. The summed E-state index contributed by atoms with van der Waals surface area (Å²) < 4.78 is 66.6. The molecule has 2 aliphatic rings. The number of guanidine groups is 1. The lowest BCUT2D eigenvalue weighted by Gasteiger charge is -2.45. The highest BCUT2D eigenvalue weighted by molar-refractivity contribution is 6.02. The molecule has 2 aliphatic heterocycles. The molecule has 1 atom stereocenters. The number of aliphatic imine (C=N–C) groups is 1. The van der Waals surface area contributed by atoms with Crippen molar-refractivity contribution in [2.45, 2.75) is 18.6 Å². The Bertz CT molecular complexity index is 1470. The van der Waals surface area contributed by atoms with Gasteiger partial charge in [-0.15, -0.1) is 0 Å². The zero-order valence-electron chi connectivity index (χ0n) is 22.4. The number of benzene rings is 3. The molecule has 1 N–H and O–H groups in total. The number of carbonyl (C=O) groups is 1. The van der Waals surface area contributed by atoms with Crippen LogP contribution in [0.15, 0.2) is 65.7 Å². The van der Waals surface area contributed by atoms with Crippen LogP contribution in [0, 0.1) is 5.82 Å². The minimum Gasteiger partial charge on any atom is -0.506 e. The number of carbonyl (C=O) groups excluding carboxylic acids is 1. The molecular formula is C29H28F4N4O4. The van der Waals surface area contributed by atoms with Crippen molar-refractivity contribution >= 4 is 29.0 Å². The molecule has 2 heterocycles. The quantitative estimate of drug-likeness (QED) is 0.320. The van der Waals surface area contributed by atoms with Gasteiger partial charge in [0.15, 0.2) is 0 Å². The molecular weight excluding hydrogens is 544 g/mol. The molecule has 0 amide bonds. The summed E-state index contributed by atoms with van der Waals surface area (Å²) in [7, 11) is 2.77. The van der Waals surface area contributed by atoms with Gasteiger partial charge >= 0.3 is 12.1 Å². The third-order valence-corrected chi connectivity index (χ3v) is 7.25. The van der Waals surface area contributed by atoms with Gasteiger partial charge in [-0.2, -0.15) is 13.2 Å². The molecule has 1 fully saturated rings. The van der Waals surface area contributed by atoms with Crippen molar-refractivity contribution in [3.8, 4) is 11.5 Å². The average molecular weight is 573 g/mol. The van der Waals surface area contributed by atoms with Gasteiger partial charge in [0.1, 0.15) is 23.0 Å². The van der Waals surface area contributed by atoms with Crippen LogP contribution in [0.4, 0.5) is 34.6 Å². The monoisotopic (exact) mass is 572 g/mol. The fourth-order valence-electron chi connectivity index (χ4n) is 5.16. The summed E-state index contributed by atoms with van der Waals surface area (Å²) in [6, 6.07) is 13.3. The van der Waals surface area contributed by atoms with E-state index in [4.69, 9.17) is 9.47 Å². The Kier molecular flexibility index (Phi) is 7.65. The lowest BCUT2D eigenvalue weighted by molar-refractivity contribution is -0.141. The van der Waals surface area contributed by atoms with Crippen molar-refractivity contribution in [2.24, 2.45) is 4.99 Å². The van der Waals surface area contributed by atoms with Crippen molar-refractivity contribution in [3.05, 3.63) is 77.6 Å². The third kappa shape index (κ3) is 5.59. The maximum absolute atomic E-state index is 15.1. The normalized spacial score (nSPS) is 17.2. The zero-order valence-corrected chi connectivity index (χ0v) is 22.4. The Morgan fingerprint density at radius 2 is 1.71 bits per heavy atom. The number of anilines is 2. The molecule has 0 saturated carbocycles. The first-order valence-corrected chi connectivity index (χ1v) is 12.9. The first-order valence-electron chi connectivity index (χ1n) is 12.9. The van der Waals surface area contributed by atoms with E-state index in [1.807, 2.05) is 29.2 Å². The van der Waals surface area contributed by atoms with Gasteiger partial charge in [0.05, 0.1) is 37.9 Å². The summed E-state index contributed by atoms with van der Waals surface area (Å²) in [5.41, 5.74) is -0.00536. The van der Waals surface area contributed by atoms with Gasteiger partial charge in [0.25, 0.3) is 0 Å². The lowest BCUT2D eigenvalue weighted by Crippen LogP contribution is -2.55. The highest BCUT2D eigenvalue weighted by Gasteiger charge is 2.40. The van der Waals surface area contributed by atoms with Crippen molar-refractivity contribution in [1.82, 2.24) is 4.90 Å². The number of aromatic hydroxyl groups is 1.